The van der Waals surface area contributed by atoms with Gasteiger partial charge in [0.05, 0.1) is 17.8 Å². The lowest BCUT2D eigenvalue weighted by atomic mass is 10.0. The lowest BCUT2D eigenvalue weighted by Crippen LogP contribution is -2.43. The summed E-state index contributed by atoms with van der Waals surface area (Å²) in [5.74, 6) is 0.599. The number of aryl methyl sites for hydroxylation is 1. The van der Waals surface area contributed by atoms with Crippen molar-refractivity contribution in [2.45, 2.75) is 45.8 Å². The molecule has 0 aliphatic carbocycles. The minimum absolute atomic E-state index is 0.218. The average Bonchev–Trinajstić information content (AvgIpc) is 3.18. The Hall–Kier alpha value is -3.58. The number of hydrogen-bond donors (Lipinski definition) is 2. The summed E-state index contributed by atoms with van der Waals surface area (Å²) in [4.78, 5) is 16.8. The molecule has 2 aromatic carbocycles. The van der Waals surface area contributed by atoms with Crippen LogP contribution in [0.2, 0.25) is 5.02 Å². The Morgan fingerprint density at radius 3 is 2.69 bits per heavy atom. The van der Waals surface area contributed by atoms with Gasteiger partial charge in [-0.3, -0.25) is 10.1 Å². The molecule has 0 bridgehead atoms. The number of aromatic amines is 1. The molecule has 35 heavy (non-hydrogen) atoms. The molecule has 0 fully saturated rings. The minimum atomic E-state index is -0.605. The van der Waals surface area contributed by atoms with E-state index in [1.165, 1.54) is 0 Å². The number of rotatable bonds is 7. The molecule has 2 heterocycles. The fourth-order valence-corrected chi connectivity index (χ4v) is 3.94. The van der Waals surface area contributed by atoms with Gasteiger partial charge in [0, 0.05) is 27.9 Å². The third-order valence-electron chi connectivity index (χ3n) is 5.39. The first kappa shape index (κ1) is 24.5. The van der Waals surface area contributed by atoms with Gasteiger partial charge in [0.2, 0.25) is 0 Å². The first-order valence-electron chi connectivity index (χ1n) is 11.4. The summed E-state index contributed by atoms with van der Waals surface area (Å²) in [5, 5.41) is 11.9. The number of halogens is 1. The van der Waals surface area contributed by atoms with Crippen molar-refractivity contribution in [3.05, 3.63) is 77.2 Å². The molecule has 0 unspecified atom stereocenters. The monoisotopic (exact) mass is 492 g/mol. The van der Waals surface area contributed by atoms with E-state index in [9.17, 15) is 4.79 Å². The summed E-state index contributed by atoms with van der Waals surface area (Å²) >= 11 is 6.36. The second-order valence-corrected chi connectivity index (χ2v) is 9.85. The van der Waals surface area contributed by atoms with Crippen molar-refractivity contribution >= 4 is 28.6 Å². The van der Waals surface area contributed by atoms with Gasteiger partial charge in [0.15, 0.2) is 0 Å². The predicted octanol–water partition coefficient (Wildman–Crippen LogP) is 6.10. The number of pyridine rings is 1. The van der Waals surface area contributed by atoms with Crippen LogP contribution in [-0.4, -0.2) is 39.5 Å². The van der Waals surface area contributed by atoms with E-state index in [0.717, 1.165) is 33.3 Å². The Balaban J connectivity index is 1.50. The molecule has 0 radical (unpaired) electrons. The molecule has 4 rings (SSSR count). The van der Waals surface area contributed by atoms with Gasteiger partial charge < -0.3 is 14.8 Å². The van der Waals surface area contributed by atoms with Crippen LogP contribution in [-0.2, 0) is 11.2 Å². The fraction of sp³-hybridized carbons (Fsp3) is 0.296. The third-order valence-corrected chi connectivity index (χ3v) is 5.76. The predicted molar refractivity (Wildman–Crippen MR) is 138 cm³/mol. The van der Waals surface area contributed by atoms with Gasteiger partial charge in [-0.25, -0.2) is 4.79 Å². The van der Waals surface area contributed by atoms with Gasteiger partial charge >= 0.3 is 6.09 Å². The normalized spacial score (nSPS) is 12.4. The molecular formula is C27H29ClN4O3. The van der Waals surface area contributed by atoms with E-state index in [-0.39, 0.29) is 12.6 Å². The van der Waals surface area contributed by atoms with Crippen LogP contribution in [0.1, 0.15) is 32.0 Å². The molecule has 2 N–H and O–H groups in total. The molecular weight excluding hydrogens is 464 g/mol. The number of carbonyl (C=O) groups excluding carboxylic acids is 1. The highest BCUT2D eigenvalue weighted by Gasteiger charge is 2.21. The Labute approximate surface area is 209 Å². The molecule has 0 aliphatic rings. The van der Waals surface area contributed by atoms with Crippen LogP contribution >= 0.6 is 11.6 Å². The second-order valence-electron chi connectivity index (χ2n) is 9.44. The van der Waals surface area contributed by atoms with Gasteiger partial charge in [0.25, 0.3) is 0 Å². The number of nitrogens with zero attached hydrogens (tertiary/aromatic N) is 2. The van der Waals surface area contributed by atoms with Crippen molar-refractivity contribution < 1.29 is 14.3 Å². The van der Waals surface area contributed by atoms with Gasteiger partial charge in [0.1, 0.15) is 18.0 Å². The summed E-state index contributed by atoms with van der Waals surface area (Å²) < 4.78 is 11.5. The molecule has 2 aromatic heterocycles. The second kappa shape index (κ2) is 10.4. The van der Waals surface area contributed by atoms with E-state index in [2.05, 4.69) is 26.6 Å². The lowest BCUT2D eigenvalue weighted by Gasteiger charge is -2.24. The van der Waals surface area contributed by atoms with E-state index in [4.69, 9.17) is 21.1 Å². The summed E-state index contributed by atoms with van der Waals surface area (Å²) in [6, 6.07) is 15.2. The van der Waals surface area contributed by atoms with Gasteiger partial charge in [-0.05, 0) is 69.5 Å². The summed E-state index contributed by atoms with van der Waals surface area (Å²) in [5.41, 5.74) is 4.17. The molecule has 182 valence electrons. The minimum Gasteiger partial charge on any atom is -0.490 e. The zero-order valence-corrected chi connectivity index (χ0v) is 21.0. The molecule has 1 amide bonds. The van der Waals surface area contributed by atoms with Gasteiger partial charge in [-0.2, -0.15) is 5.10 Å². The van der Waals surface area contributed by atoms with E-state index < -0.39 is 11.7 Å². The smallest absolute Gasteiger partial charge is 0.408 e. The first-order chi connectivity index (χ1) is 16.7. The lowest BCUT2D eigenvalue weighted by molar-refractivity contribution is 0.0487. The zero-order chi connectivity index (χ0) is 25.0. The quantitative estimate of drug-likeness (QED) is 0.325. The summed E-state index contributed by atoms with van der Waals surface area (Å²) in [7, 11) is 0. The average molecular weight is 493 g/mol. The van der Waals surface area contributed by atoms with E-state index in [1.54, 1.807) is 12.4 Å². The highest BCUT2D eigenvalue weighted by atomic mass is 35.5. The third kappa shape index (κ3) is 6.51. The standard InChI is InChI=1S/C27H29ClN4O3/c1-17-23-13-18(9-10-25(23)32-31-17)20-12-22(15-29-14-20)34-16-21(30-26(33)35-27(2,3)4)11-19-7-5-6-8-24(19)28/h5-10,12-15,21H,11,16H2,1-4H3,(H,30,33)(H,31,32)/t21-/m0/s1. The number of aromatic nitrogens is 3. The fourth-order valence-electron chi connectivity index (χ4n) is 3.73. The Morgan fingerprint density at radius 1 is 1.11 bits per heavy atom. The molecule has 0 saturated carbocycles. The number of ether oxygens (including phenoxy) is 2. The van der Waals surface area contributed by atoms with Crippen LogP contribution in [0.15, 0.2) is 60.9 Å². The van der Waals surface area contributed by atoms with Crippen LogP contribution in [0.25, 0.3) is 22.0 Å². The maximum absolute atomic E-state index is 12.5. The number of nitrogens with one attached hydrogen (secondary N) is 2. The number of hydrogen-bond acceptors (Lipinski definition) is 5. The highest BCUT2D eigenvalue weighted by Crippen LogP contribution is 2.27. The topological polar surface area (TPSA) is 89.1 Å². The van der Waals surface area contributed by atoms with Crippen LogP contribution < -0.4 is 10.1 Å². The molecule has 8 heteroatoms. The van der Waals surface area contributed by atoms with E-state index in [0.29, 0.717) is 17.2 Å². The van der Waals surface area contributed by atoms with Crippen LogP contribution in [0.5, 0.6) is 5.75 Å². The van der Waals surface area contributed by atoms with Crippen molar-refractivity contribution in [2.75, 3.05) is 6.61 Å². The van der Waals surface area contributed by atoms with Gasteiger partial charge in [-0.15, -0.1) is 0 Å². The SMILES string of the molecule is Cc1[nH]nc2ccc(-c3cncc(OC[C@H](Cc4ccccc4Cl)NC(=O)OC(C)(C)C)c3)cc12. The largest absolute Gasteiger partial charge is 0.490 e. The van der Waals surface area contributed by atoms with E-state index in [1.807, 2.05) is 70.2 Å². The molecule has 7 nitrogen and oxygen atoms in total. The molecule has 0 spiro atoms. The Morgan fingerprint density at radius 2 is 1.91 bits per heavy atom. The Kier molecular flexibility index (Phi) is 7.26. The van der Waals surface area contributed by atoms with Crippen LogP contribution in [0.4, 0.5) is 4.79 Å². The maximum Gasteiger partial charge on any atom is 0.408 e. The zero-order valence-electron chi connectivity index (χ0n) is 20.3. The summed E-state index contributed by atoms with van der Waals surface area (Å²) in [6.07, 6.45) is 3.44. The van der Waals surface area contributed by atoms with Crippen molar-refractivity contribution in [2.24, 2.45) is 0 Å². The van der Waals surface area contributed by atoms with E-state index >= 15 is 0 Å². The van der Waals surface area contributed by atoms with Crippen molar-refractivity contribution in [1.29, 1.82) is 0 Å². The van der Waals surface area contributed by atoms with Crippen molar-refractivity contribution in [3.63, 3.8) is 0 Å². The first-order valence-corrected chi connectivity index (χ1v) is 11.8. The number of fused-ring (bicyclic) bond motifs is 1. The number of H-pyrrole nitrogens is 1. The molecule has 1 atom stereocenters. The van der Waals surface area contributed by atoms with Crippen molar-refractivity contribution in [1.82, 2.24) is 20.5 Å². The maximum atomic E-state index is 12.5. The molecule has 0 aliphatic heterocycles. The number of carbonyl (C=O) groups is 1. The summed E-state index contributed by atoms with van der Waals surface area (Å²) in [6.45, 7) is 7.69. The van der Waals surface area contributed by atoms with Crippen LogP contribution in [0.3, 0.4) is 0 Å². The van der Waals surface area contributed by atoms with Crippen LogP contribution in [0, 0.1) is 6.92 Å². The number of amides is 1. The molecule has 0 saturated heterocycles. The van der Waals surface area contributed by atoms with Gasteiger partial charge in [-0.1, -0.05) is 35.9 Å². The highest BCUT2D eigenvalue weighted by molar-refractivity contribution is 6.31. The number of alkyl carbamates (subject to hydrolysis) is 1. The number of benzene rings is 2. The molecule has 4 aromatic rings. The van der Waals surface area contributed by atoms with Crippen molar-refractivity contribution in [3.8, 4) is 16.9 Å². The Bertz CT molecular complexity index is 1330.